The minimum absolute atomic E-state index is 0.0737. The smallest absolute Gasteiger partial charge is 0.256 e. The molecule has 0 unspecified atom stereocenters. The van der Waals surface area contributed by atoms with Gasteiger partial charge in [-0.1, -0.05) is 36.4 Å². The molecule has 5 rings (SSSR count). The van der Waals surface area contributed by atoms with Crippen molar-refractivity contribution >= 4 is 33.8 Å². The summed E-state index contributed by atoms with van der Waals surface area (Å²) in [5, 5.41) is 6.10. The van der Waals surface area contributed by atoms with Gasteiger partial charge in [0.25, 0.3) is 5.91 Å². The molecule has 2 aromatic heterocycles. The average Bonchev–Trinajstić information content (AvgIpc) is 3.28. The van der Waals surface area contributed by atoms with Crippen molar-refractivity contribution in [2.45, 2.75) is 25.7 Å². The van der Waals surface area contributed by atoms with Crippen LogP contribution in [0.4, 0.5) is 5.69 Å². The highest BCUT2D eigenvalue weighted by Crippen LogP contribution is 2.31. The van der Waals surface area contributed by atoms with Gasteiger partial charge in [0.1, 0.15) is 0 Å². The van der Waals surface area contributed by atoms with Crippen molar-refractivity contribution in [3.05, 3.63) is 82.7 Å². The predicted octanol–water partition coefficient (Wildman–Crippen LogP) is 6.09. The monoisotopic (exact) mass is 384 g/mol. The Morgan fingerprint density at radius 2 is 1.86 bits per heavy atom. The van der Waals surface area contributed by atoms with Crippen LogP contribution >= 0.6 is 11.3 Å². The molecule has 4 aromatic rings. The van der Waals surface area contributed by atoms with Crippen molar-refractivity contribution in [1.29, 1.82) is 0 Å². The molecular weight excluding hydrogens is 364 g/mol. The highest BCUT2D eigenvalue weighted by Gasteiger charge is 2.18. The van der Waals surface area contributed by atoms with Gasteiger partial charge in [-0.3, -0.25) is 4.79 Å². The lowest BCUT2D eigenvalue weighted by Crippen LogP contribution is -2.16. The lowest BCUT2D eigenvalue weighted by Gasteiger charge is -2.20. The van der Waals surface area contributed by atoms with Gasteiger partial charge in [0, 0.05) is 11.1 Å². The molecule has 0 spiro atoms. The number of aromatic nitrogens is 1. The van der Waals surface area contributed by atoms with Gasteiger partial charge in [-0.25, -0.2) is 4.98 Å². The van der Waals surface area contributed by atoms with E-state index in [4.69, 9.17) is 4.98 Å². The summed E-state index contributed by atoms with van der Waals surface area (Å²) in [5.74, 6) is -0.0737. The number of benzene rings is 2. The SMILES string of the molecule is O=C(Nc1cccc2c1CCCC2)c1cc(-c2cccs2)nc2ccccc12. The summed E-state index contributed by atoms with van der Waals surface area (Å²) < 4.78 is 0. The van der Waals surface area contributed by atoms with Gasteiger partial charge in [0.05, 0.1) is 21.7 Å². The van der Waals surface area contributed by atoms with E-state index < -0.39 is 0 Å². The molecule has 138 valence electrons. The van der Waals surface area contributed by atoms with Gasteiger partial charge in [-0.15, -0.1) is 11.3 Å². The third-order valence-corrected chi connectivity index (χ3v) is 6.27. The Hall–Kier alpha value is -2.98. The number of anilines is 1. The maximum absolute atomic E-state index is 13.3. The fourth-order valence-corrected chi connectivity index (χ4v) is 4.69. The van der Waals surface area contributed by atoms with Gasteiger partial charge in [0.15, 0.2) is 0 Å². The van der Waals surface area contributed by atoms with Gasteiger partial charge >= 0.3 is 0 Å². The van der Waals surface area contributed by atoms with E-state index in [9.17, 15) is 4.79 Å². The van der Waals surface area contributed by atoms with Crippen molar-refractivity contribution in [2.75, 3.05) is 5.32 Å². The number of fused-ring (bicyclic) bond motifs is 2. The Kier molecular flexibility index (Phi) is 4.41. The zero-order valence-electron chi connectivity index (χ0n) is 15.4. The molecule has 0 bridgehead atoms. The predicted molar refractivity (Wildman–Crippen MR) is 116 cm³/mol. The van der Waals surface area contributed by atoms with E-state index in [1.54, 1.807) is 11.3 Å². The molecule has 0 saturated carbocycles. The Balaban J connectivity index is 1.58. The minimum Gasteiger partial charge on any atom is -0.322 e. The second-order valence-corrected chi connectivity index (χ2v) is 8.10. The lowest BCUT2D eigenvalue weighted by molar-refractivity contribution is 0.102. The van der Waals surface area contributed by atoms with Gasteiger partial charge in [-0.2, -0.15) is 0 Å². The van der Waals surface area contributed by atoms with Crippen LogP contribution in [0.3, 0.4) is 0 Å². The molecule has 3 nitrogen and oxygen atoms in total. The molecule has 0 radical (unpaired) electrons. The topological polar surface area (TPSA) is 42.0 Å². The molecule has 0 fully saturated rings. The third-order valence-electron chi connectivity index (χ3n) is 5.38. The van der Waals surface area contributed by atoms with Crippen molar-refractivity contribution in [3.63, 3.8) is 0 Å². The first-order valence-corrected chi connectivity index (χ1v) is 10.5. The van der Waals surface area contributed by atoms with Crippen LogP contribution in [0.25, 0.3) is 21.5 Å². The quantitative estimate of drug-likeness (QED) is 0.464. The summed E-state index contributed by atoms with van der Waals surface area (Å²) in [5.41, 5.74) is 5.95. The molecule has 0 aliphatic heterocycles. The molecule has 1 amide bonds. The Morgan fingerprint density at radius 1 is 0.964 bits per heavy atom. The molecule has 2 heterocycles. The number of nitrogens with one attached hydrogen (secondary N) is 1. The number of carbonyl (C=O) groups is 1. The minimum atomic E-state index is -0.0737. The molecule has 4 heteroatoms. The van der Waals surface area contributed by atoms with E-state index in [-0.39, 0.29) is 5.91 Å². The summed E-state index contributed by atoms with van der Waals surface area (Å²) in [7, 11) is 0. The van der Waals surface area contributed by atoms with Crippen LogP contribution < -0.4 is 5.32 Å². The lowest BCUT2D eigenvalue weighted by atomic mass is 9.90. The van der Waals surface area contributed by atoms with Gasteiger partial charge < -0.3 is 5.32 Å². The number of carbonyl (C=O) groups excluding carboxylic acids is 1. The van der Waals surface area contributed by atoms with Gasteiger partial charge in [0.2, 0.25) is 0 Å². The molecule has 0 saturated heterocycles. The summed E-state index contributed by atoms with van der Waals surface area (Å²) in [4.78, 5) is 19.1. The number of aryl methyl sites for hydroxylation is 1. The van der Waals surface area contributed by atoms with E-state index in [2.05, 4.69) is 11.4 Å². The van der Waals surface area contributed by atoms with E-state index in [1.807, 2.05) is 60.0 Å². The second-order valence-electron chi connectivity index (χ2n) is 7.15. The van der Waals surface area contributed by atoms with E-state index in [0.29, 0.717) is 5.56 Å². The second kappa shape index (κ2) is 7.21. The van der Waals surface area contributed by atoms with Crippen molar-refractivity contribution < 1.29 is 4.79 Å². The van der Waals surface area contributed by atoms with Crippen LogP contribution in [0.1, 0.15) is 34.3 Å². The molecule has 1 aliphatic carbocycles. The van der Waals surface area contributed by atoms with Crippen LogP contribution in [-0.2, 0) is 12.8 Å². The van der Waals surface area contributed by atoms with Crippen molar-refractivity contribution in [1.82, 2.24) is 4.98 Å². The largest absolute Gasteiger partial charge is 0.322 e. The van der Waals surface area contributed by atoms with E-state index in [1.165, 1.54) is 24.0 Å². The fraction of sp³-hybridized carbons (Fsp3) is 0.167. The number of amides is 1. The van der Waals surface area contributed by atoms with Crippen LogP contribution in [0, 0.1) is 0 Å². The van der Waals surface area contributed by atoms with E-state index >= 15 is 0 Å². The number of rotatable bonds is 3. The zero-order valence-corrected chi connectivity index (χ0v) is 16.3. The molecular formula is C24H20N2OS. The summed E-state index contributed by atoms with van der Waals surface area (Å²) in [6.45, 7) is 0. The standard InChI is InChI=1S/C24H20N2OS/c27-24(26-20-12-5-8-16-7-1-2-9-17(16)20)19-15-22(23-13-6-14-28-23)25-21-11-4-3-10-18(19)21/h3-6,8,10-15H,1-2,7,9H2,(H,26,27). The molecule has 0 atom stereocenters. The van der Waals surface area contributed by atoms with Gasteiger partial charge in [-0.05, 0) is 66.5 Å². The summed E-state index contributed by atoms with van der Waals surface area (Å²) >= 11 is 1.63. The summed E-state index contributed by atoms with van der Waals surface area (Å²) in [6, 6.07) is 20.1. The Bertz CT molecular complexity index is 1160. The third kappa shape index (κ3) is 3.10. The van der Waals surface area contributed by atoms with Crippen LogP contribution in [0.5, 0.6) is 0 Å². The first-order valence-electron chi connectivity index (χ1n) is 9.65. The van der Waals surface area contributed by atoms with Crippen LogP contribution in [0.15, 0.2) is 66.0 Å². The maximum Gasteiger partial charge on any atom is 0.256 e. The average molecular weight is 385 g/mol. The maximum atomic E-state index is 13.3. The first kappa shape index (κ1) is 17.1. The van der Waals surface area contributed by atoms with E-state index in [0.717, 1.165) is 40.0 Å². The first-order chi connectivity index (χ1) is 13.8. The number of pyridine rings is 1. The van der Waals surface area contributed by atoms with Crippen LogP contribution in [-0.4, -0.2) is 10.9 Å². The molecule has 28 heavy (non-hydrogen) atoms. The highest BCUT2D eigenvalue weighted by atomic mass is 32.1. The Morgan fingerprint density at radius 3 is 2.75 bits per heavy atom. The number of hydrogen-bond acceptors (Lipinski definition) is 3. The number of thiophene rings is 1. The molecule has 1 aliphatic rings. The molecule has 1 N–H and O–H groups in total. The zero-order chi connectivity index (χ0) is 18.9. The summed E-state index contributed by atoms with van der Waals surface area (Å²) in [6.07, 6.45) is 4.53. The molecule has 2 aromatic carbocycles. The van der Waals surface area contributed by atoms with Crippen molar-refractivity contribution in [2.24, 2.45) is 0 Å². The Labute approximate surface area is 168 Å². The van der Waals surface area contributed by atoms with Crippen LogP contribution in [0.2, 0.25) is 0 Å². The van der Waals surface area contributed by atoms with Crippen molar-refractivity contribution in [3.8, 4) is 10.6 Å². The number of hydrogen-bond donors (Lipinski definition) is 1. The number of para-hydroxylation sites is 1. The highest BCUT2D eigenvalue weighted by molar-refractivity contribution is 7.13. The fourth-order valence-electron chi connectivity index (χ4n) is 4.00. The normalized spacial score (nSPS) is 13.3. The number of nitrogens with zero attached hydrogens (tertiary/aromatic N) is 1.